The van der Waals surface area contributed by atoms with E-state index in [9.17, 15) is 14.0 Å². The molecule has 11 heteroatoms. The van der Waals surface area contributed by atoms with E-state index in [1.165, 1.54) is 41.2 Å². The molecule has 2 aromatic carbocycles. The molecule has 5 rings (SSSR count). The van der Waals surface area contributed by atoms with Crippen LogP contribution in [0.25, 0.3) is 10.2 Å². The van der Waals surface area contributed by atoms with Gasteiger partial charge in [0.05, 0.1) is 30.1 Å². The van der Waals surface area contributed by atoms with Gasteiger partial charge in [0.15, 0.2) is 11.5 Å². The highest BCUT2D eigenvalue weighted by Crippen LogP contribution is 2.35. The van der Waals surface area contributed by atoms with E-state index in [0.717, 1.165) is 29.7 Å². The van der Waals surface area contributed by atoms with Crippen molar-refractivity contribution in [1.29, 1.82) is 0 Å². The molecule has 0 fully saturated rings. The average Bonchev–Trinajstić information content (AvgIpc) is 3.31. The van der Waals surface area contributed by atoms with Crippen molar-refractivity contribution in [3.8, 4) is 11.5 Å². The fourth-order valence-corrected chi connectivity index (χ4v) is 6.27. The molecule has 2 aromatic heterocycles. The molecule has 0 saturated carbocycles. The Labute approximate surface area is 239 Å². The van der Waals surface area contributed by atoms with E-state index < -0.39 is 17.8 Å². The first-order valence-corrected chi connectivity index (χ1v) is 14.0. The number of nitrogens with one attached hydrogen (secondary N) is 1. The van der Waals surface area contributed by atoms with E-state index >= 15 is 0 Å². The number of amides is 1. The second-order valence-corrected chi connectivity index (χ2v) is 11.3. The van der Waals surface area contributed by atoms with Crippen LogP contribution in [-0.4, -0.2) is 28.8 Å². The van der Waals surface area contributed by atoms with Crippen LogP contribution in [0.4, 0.5) is 4.39 Å². The molecule has 0 bridgehead atoms. The fraction of sp³-hybridized carbons (Fsp3) is 0.310. The molecule has 0 saturated heterocycles. The molecular formula is C29H28ClFN4O4S. The topological polar surface area (TPSA) is 94.8 Å². The van der Waals surface area contributed by atoms with Crippen molar-refractivity contribution < 1.29 is 18.7 Å². The monoisotopic (exact) mass is 582 g/mol. The third-order valence-corrected chi connectivity index (χ3v) is 8.56. The smallest absolute Gasteiger partial charge is 0.263 e. The van der Waals surface area contributed by atoms with Crippen LogP contribution in [0.1, 0.15) is 47.9 Å². The van der Waals surface area contributed by atoms with E-state index in [2.05, 4.69) is 22.4 Å². The average molecular weight is 583 g/mol. The van der Waals surface area contributed by atoms with Crippen molar-refractivity contribution in [3.05, 3.63) is 85.5 Å². The molecule has 1 aliphatic rings. The maximum absolute atomic E-state index is 14.1. The van der Waals surface area contributed by atoms with Gasteiger partial charge < -0.3 is 9.47 Å². The zero-order chi connectivity index (χ0) is 28.4. The molecule has 2 heterocycles. The summed E-state index contributed by atoms with van der Waals surface area (Å²) in [6, 6.07) is 8.66. The summed E-state index contributed by atoms with van der Waals surface area (Å²) in [5.74, 6) is 0.472. The van der Waals surface area contributed by atoms with Crippen molar-refractivity contribution in [2.75, 3.05) is 7.11 Å². The number of aryl methyl sites for hydroxylation is 1. The van der Waals surface area contributed by atoms with E-state index in [-0.39, 0.29) is 22.8 Å². The zero-order valence-electron chi connectivity index (χ0n) is 22.2. The van der Waals surface area contributed by atoms with Gasteiger partial charge in [-0.15, -0.1) is 11.3 Å². The van der Waals surface area contributed by atoms with Crippen molar-refractivity contribution in [3.63, 3.8) is 0 Å². The Morgan fingerprint density at radius 1 is 1.35 bits per heavy atom. The maximum atomic E-state index is 14.1. The van der Waals surface area contributed by atoms with E-state index in [0.29, 0.717) is 28.4 Å². The minimum atomic E-state index is -0.810. The van der Waals surface area contributed by atoms with Crippen molar-refractivity contribution >= 4 is 45.3 Å². The lowest BCUT2D eigenvalue weighted by Crippen LogP contribution is -2.34. The summed E-state index contributed by atoms with van der Waals surface area (Å²) in [6.07, 6.45) is 5.73. The molecule has 1 N–H and O–H groups in total. The summed E-state index contributed by atoms with van der Waals surface area (Å²) in [5.41, 5.74) is 4.24. The van der Waals surface area contributed by atoms with Gasteiger partial charge in [-0.2, -0.15) is 5.10 Å². The lowest BCUT2D eigenvalue weighted by Gasteiger charge is -2.18. The maximum Gasteiger partial charge on any atom is 0.263 e. The number of hydrogen-bond acceptors (Lipinski definition) is 7. The van der Waals surface area contributed by atoms with Gasteiger partial charge in [0.25, 0.3) is 11.5 Å². The highest BCUT2D eigenvalue weighted by Gasteiger charge is 2.25. The standard InChI is InChI=1S/C29H28ClFN4O4S/c1-16-7-9-19-25(11-16)40-28-26(19)29(37)35(15-32-28)17(2)27(36)34-33-13-18-8-10-23(24(12-18)38-3)39-14-20-21(30)5-4-6-22(20)31/h4-6,8,10,12-13,15-17H,7,9,11,14H2,1-3H3,(H,34,36)/b33-13+. The first-order valence-electron chi connectivity index (χ1n) is 12.8. The quantitative estimate of drug-likeness (QED) is 0.213. The summed E-state index contributed by atoms with van der Waals surface area (Å²) in [4.78, 5) is 32.6. The fourth-order valence-electron chi connectivity index (χ4n) is 4.71. The second-order valence-electron chi connectivity index (χ2n) is 9.80. The molecule has 0 aliphatic heterocycles. The highest BCUT2D eigenvalue weighted by molar-refractivity contribution is 7.18. The van der Waals surface area contributed by atoms with E-state index in [1.807, 2.05) is 0 Å². The minimum Gasteiger partial charge on any atom is -0.493 e. The van der Waals surface area contributed by atoms with Crippen LogP contribution >= 0.6 is 22.9 Å². The molecule has 40 heavy (non-hydrogen) atoms. The number of halogens is 2. The number of rotatable bonds is 8. The number of hydrazone groups is 1. The number of methoxy groups -OCH3 is 1. The van der Waals surface area contributed by atoms with Crippen molar-refractivity contribution in [2.45, 2.75) is 45.8 Å². The summed E-state index contributed by atoms with van der Waals surface area (Å²) < 4.78 is 26.5. The second kappa shape index (κ2) is 11.8. The molecule has 0 spiro atoms. The summed E-state index contributed by atoms with van der Waals surface area (Å²) >= 11 is 7.65. The molecular weight excluding hydrogens is 555 g/mol. The van der Waals surface area contributed by atoms with Gasteiger partial charge in [-0.25, -0.2) is 14.8 Å². The number of nitrogens with zero attached hydrogens (tertiary/aromatic N) is 3. The lowest BCUT2D eigenvalue weighted by atomic mass is 9.89. The molecule has 1 aliphatic carbocycles. The van der Waals surface area contributed by atoms with Crippen LogP contribution in [0.5, 0.6) is 11.5 Å². The summed E-state index contributed by atoms with van der Waals surface area (Å²) in [5, 5.41) is 4.95. The highest BCUT2D eigenvalue weighted by atomic mass is 35.5. The molecule has 1 amide bonds. The Bertz CT molecular complexity index is 1650. The third kappa shape index (κ3) is 5.59. The zero-order valence-corrected chi connectivity index (χ0v) is 23.8. The van der Waals surface area contributed by atoms with Crippen molar-refractivity contribution in [2.24, 2.45) is 11.0 Å². The van der Waals surface area contributed by atoms with Crippen LogP contribution in [0, 0.1) is 11.7 Å². The van der Waals surface area contributed by atoms with Gasteiger partial charge >= 0.3 is 0 Å². The van der Waals surface area contributed by atoms with Gasteiger partial charge in [-0.1, -0.05) is 24.6 Å². The Kier molecular flexibility index (Phi) is 8.18. The first-order chi connectivity index (χ1) is 19.3. The van der Waals surface area contributed by atoms with Crippen LogP contribution in [0.15, 0.2) is 52.6 Å². The number of aromatic nitrogens is 2. The predicted octanol–water partition coefficient (Wildman–Crippen LogP) is 5.67. The molecule has 0 radical (unpaired) electrons. The van der Waals surface area contributed by atoms with Gasteiger partial charge in [-0.05, 0) is 73.6 Å². The number of fused-ring (bicyclic) bond motifs is 3. The Morgan fingerprint density at radius 3 is 2.95 bits per heavy atom. The van der Waals surface area contributed by atoms with Crippen LogP contribution in [0.3, 0.4) is 0 Å². The Morgan fingerprint density at radius 2 is 2.17 bits per heavy atom. The van der Waals surface area contributed by atoms with E-state index in [4.69, 9.17) is 21.1 Å². The number of hydrogen-bond donors (Lipinski definition) is 1. The molecule has 2 unspecified atom stereocenters. The number of thiophene rings is 1. The lowest BCUT2D eigenvalue weighted by molar-refractivity contribution is -0.123. The molecule has 4 aromatic rings. The number of carbonyl (C=O) groups is 1. The summed E-state index contributed by atoms with van der Waals surface area (Å²) in [6.45, 7) is 3.78. The van der Waals surface area contributed by atoms with Gasteiger partial charge in [0, 0.05) is 10.4 Å². The molecule has 8 nitrogen and oxygen atoms in total. The Balaban J connectivity index is 1.26. The van der Waals surface area contributed by atoms with Crippen LogP contribution in [-0.2, 0) is 24.2 Å². The minimum absolute atomic E-state index is 0.0728. The normalized spacial score (nSPS) is 15.7. The number of ether oxygens (including phenoxy) is 2. The number of benzene rings is 2. The first kappa shape index (κ1) is 27.8. The van der Waals surface area contributed by atoms with Gasteiger partial charge in [-0.3, -0.25) is 14.2 Å². The largest absolute Gasteiger partial charge is 0.493 e. The van der Waals surface area contributed by atoms with Crippen molar-refractivity contribution in [1.82, 2.24) is 15.0 Å². The predicted molar refractivity (Wildman–Crippen MR) is 154 cm³/mol. The van der Waals surface area contributed by atoms with Gasteiger partial charge in [0.1, 0.15) is 23.3 Å². The third-order valence-electron chi connectivity index (χ3n) is 7.05. The molecule has 2 atom stereocenters. The van der Waals surface area contributed by atoms with Crippen LogP contribution in [0.2, 0.25) is 5.02 Å². The Hall–Kier alpha value is -3.76. The van der Waals surface area contributed by atoms with Gasteiger partial charge in [0.2, 0.25) is 0 Å². The summed E-state index contributed by atoms with van der Waals surface area (Å²) in [7, 11) is 1.48. The van der Waals surface area contributed by atoms with Crippen LogP contribution < -0.4 is 20.5 Å². The number of carbonyl (C=O) groups excluding carboxylic acids is 1. The van der Waals surface area contributed by atoms with E-state index in [1.54, 1.807) is 42.5 Å². The SMILES string of the molecule is COc1cc(/C=N/NC(=O)C(C)n2cnc3sc4c(c3c2=O)CCC(C)C4)ccc1OCc1c(F)cccc1Cl. The molecule has 208 valence electrons.